The number of nitriles is 1. The Hall–Kier alpha value is -1.27. The molecule has 3 nitrogen and oxygen atoms in total. The van der Waals surface area contributed by atoms with Gasteiger partial charge in [-0.1, -0.05) is 0 Å². The van der Waals surface area contributed by atoms with Crippen LogP contribution in [0.3, 0.4) is 0 Å². The molecule has 0 aliphatic rings. The molecule has 0 bridgehead atoms. The lowest BCUT2D eigenvalue weighted by Gasteiger charge is -2.20. The molecule has 3 heteroatoms. The van der Waals surface area contributed by atoms with Gasteiger partial charge in [0.15, 0.2) is 0 Å². The lowest BCUT2D eigenvalue weighted by molar-refractivity contribution is 0.417. The van der Waals surface area contributed by atoms with Gasteiger partial charge in [0.05, 0.1) is 6.07 Å². The summed E-state index contributed by atoms with van der Waals surface area (Å²) < 4.78 is 1.96. The van der Waals surface area contributed by atoms with Crippen molar-refractivity contribution in [2.45, 2.75) is 39.4 Å². The van der Waals surface area contributed by atoms with Crippen LogP contribution in [0.15, 0.2) is 18.3 Å². The van der Waals surface area contributed by atoms with Crippen molar-refractivity contribution < 1.29 is 0 Å². The van der Waals surface area contributed by atoms with Gasteiger partial charge in [0.25, 0.3) is 0 Å². The van der Waals surface area contributed by atoms with Gasteiger partial charge in [0.1, 0.15) is 6.54 Å². The Labute approximate surface area is 85.3 Å². The van der Waals surface area contributed by atoms with Crippen molar-refractivity contribution in [3.8, 4) is 6.07 Å². The third-order valence-electron chi connectivity index (χ3n) is 1.96. The molecule has 76 valence electrons. The normalized spacial score (nSPS) is 11.3. The molecule has 0 saturated heterocycles. The van der Waals surface area contributed by atoms with Crippen LogP contribution in [0.1, 0.15) is 26.5 Å². The maximum absolute atomic E-state index is 8.60. The second-order valence-corrected chi connectivity index (χ2v) is 4.39. The van der Waals surface area contributed by atoms with Crippen molar-refractivity contribution in [1.29, 1.82) is 5.26 Å². The molecule has 1 heterocycles. The molecule has 0 spiro atoms. The quantitative estimate of drug-likeness (QED) is 0.792. The summed E-state index contributed by atoms with van der Waals surface area (Å²) in [6.07, 6.45) is 1.93. The minimum atomic E-state index is 0.113. The zero-order chi connectivity index (χ0) is 10.6. The van der Waals surface area contributed by atoms with Crippen molar-refractivity contribution in [1.82, 2.24) is 9.88 Å². The van der Waals surface area contributed by atoms with Gasteiger partial charge in [-0.3, -0.25) is 0 Å². The minimum Gasteiger partial charge on any atom is -0.337 e. The van der Waals surface area contributed by atoms with Gasteiger partial charge in [-0.25, -0.2) is 0 Å². The van der Waals surface area contributed by atoms with Crippen LogP contribution >= 0.6 is 0 Å². The van der Waals surface area contributed by atoms with Crippen molar-refractivity contribution in [3.05, 3.63) is 24.0 Å². The molecule has 0 aliphatic heterocycles. The van der Waals surface area contributed by atoms with Gasteiger partial charge in [-0.15, -0.1) is 0 Å². The number of hydrogen-bond acceptors (Lipinski definition) is 2. The lowest BCUT2D eigenvalue weighted by atomic mass is 10.1. The second-order valence-electron chi connectivity index (χ2n) is 4.39. The summed E-state index contributed by atoms with van der Waals surface area (Å²) >= 11 is 0. The maximum Gasteiger partial charge on any atom is 0.109 e. The molecule has 1 N–H and O–H groups in total. The Morgan fingerprint density at radius 2 is 2.21 bits per heavy atom. The highest BCUT2D eigenvalue weighted by Gasteiger charge is 2.09. The molecule has 1 aromatic heterocycles. The number of rotatable bonds is 3. The van der Waals surface area contributed by atoms with E-state index in [0.717, 1.165) is 12.2 Å². The molecule has 14 heavy (non-hydrogen) atoms. The predicted octanol–water partition coefficient (Wildman–Crippen LogP) is 1.90. The van der Waals surface area contributed by atoms with Gasteiger partial charge < -0.3 is 9.88 Å². The van der Waals surface area contributed by atoms with Crippen LogP contribution in [0, 0.1) is 11.3 Å². The van der Waals surface area contributed by atoms with Crippen LogP contribution in [0.2, 0.25) is 0 Å². The van der Waals surface area contributed by atoms with E-state index in [2.05, 4.69) is 32.2 Å². The Kier molecular flexibility index (Phi) is 3.32. The number of hydrogen-bond donors (Lipinski definition) is 1. The molecule has 0 aliphatic carbocycles. The molecular formula is C11H17N3. The van der Waals surface area contributed by atoms with Crippen LogP contribution < -0.4 is 5.32 Å². The Morgan fingerprint density at radius 1 is 1.50 bits per heavy atom. The number of nitrogens with one attached hydrogen (secondary N) is 1. The molecule has 0 unspecified atom stereocenters. The SMILES string of the molecule is CC(C)(C)NCc1cccn1CC#N. The monoisotopic (exact) mass is 191 g/mol. The third-order valence-corrected chi connectivity index (χ3v) is 1.96. The summed E-state index contributed by atoms with van der Waals surface area (Å²) in [6.45, 7) is 7.62. The number of nitrogens with zero attached hydrogens (tertiary/aromatic N) is 2. The van der Waals surface area contributed by atoms with Crippen LogP contribution in [0.25, 0.3) is 0 Å². The van der Waals surface area contributed by atoms with Crippen molar-refractivity contribution in [3.63, 3.8) is 0 Å². The molecule has 1 aromatic rings. The van der Waals surface area contributed by atoms with E-state index in [1.54, 1.807) is 0 Å². The molecule has 0 radical (unpaired) electrons. The first-order valence-electron chi connectivity index (χ1n) is 4.79. The molecule has 0 saturated carbocycles. The van der Waals surface area contributed by atoms with E-state index in [1.807, 2.05) is 22.9 Å². The zero-order valence-corrected chi connectivity index (χ0v) is 9.04. The summed E-state index contributed by atoms with van der Waals surface area (Å²) in [5.74, 6) is 0. The highest BCUT2D eigenvalue weighted by atomic mass is 15.0. The number of aromatic nitrogens is 1. The molecule has 0 aromatic carbocycles. The van der Waals surface area contributed by atoms with E-state index >= 15 is 0 Å². The van der Waals surface area contributed by atoms with Crippen molar-refractivity contribution >= 4 is 0 Å². The third kappa shape index (κ3) is 3.23. The molecular weight excluding hydrogens is 174 g/mol. The van der Waals surface area contributed by atoms with Gasteiger partial charge in [-0.05, 0) is 32.9 Å². The standard InChI is InChI=1S/C11H17N3/c1-11(2,3)13-9-10-5-4-7-14(10)8-6-12/h4-5,7,13H,8-9H2,1-3H3. The van der Waals surface area contributed by atoms with Gasteiger partial charge >= 0.3 is 0 Å². The van der Waals surface area contributed by atoms with Crippen molar-refractivity contribution in [2.24, 2.45) is 0 Å². The first-order chi connectivity index (χ1) is 6.53. The van der Waals surface area contributed by atoms with E-state index in [-0.39, 0.29) is 5.54 Å². The largest absolute Gasteiger partial charge is 0.337 e. The van der Waals surface area contributed by atoms with E-state index in [1.165, 1.54) is 0 Å². The minimum absolute atomic E-state index is 0.113. The van der Waals surface area contributed by atoms with E-state index in [0.29, 0.717) is 6.54 Å². The van der Waals surface area contributed by atoms with Crippen LogP contribution in [-0.2, 0) is 13.1 Å². The van der Waals surface area contributed by atoms with Crippen molar-refractivity contribution in [2.75, 3.05) is 0 Å². The zero-order valence-electron chi connectivity index (χ0n) is 9.04. The summed E-state index contributed by atoms with van der Waals surface area (Å²) in [6, 6.07) is 6.15. The highest BCUT2D eigenvalue weighted by Crippen LogP contribution is 2.05. The van der Waals surface area contributed by atoms with Crippen LogP contribution in [-0.4, -0.2) is 10.1 Å². The summed E-state index contributed by atoms with van der Waals surface area (Å²) in [4.78, 5) is 0. The fourth-order valence-corrected chi connectivity index (χ4v) is 1.20. The summed E-state index contributed by atoms with van der Waals surface area (Å²) in [5, 5.41) is 12.0. The fourth-order valence-electron chi connectivity index (χ4n) is 1.20. The highest BCUT2D eigenvalue weighted by molar-refractivity contribution is 5.08. The maximum atomic E-state index is 8.60. The van der Waals surface area contributed by atoms with Gasteiger partial charge in [0, 0.05) is 24.0 Å². The predicted molar refractivity (Wildman–Crippen MR) is 56.6 cm³/mol. The molecule has 0 amide bonds. The average Bonchev–Trinajstić information content (AvgIpc) is 2.48. The van der Waals surface area contributed by atoms with E-state index in [4.69, 9.17) is 5.26 Å². The summed E-state index contributed by atoms with van der Waals surface area (Å²) in [5.41, 5.74) is 1.27. The van der Waals surface area contributed by atoms with E-state index in [9.17, 15) is 0 Å². The molecule has 0 fully saturated rings. The smallest absolute Gasteiger partial charge is 0.109 e. The van der Waals surface area contributed by atoms with Crippen LogP contribution in [0.4, 0.5) is 0 Å². The summed E-state index contributed by atoms with van der Waals surface area (Å²) in [7, 11) is 0. The molecule has 0 atom stereocenters. The first kappa shape index (κ1) is 10.8. The second kappa shape index (κ2) is 4.30. The Morgan fingerprint density at radius 3 is 2.79 bits per heavy atom. The topological polar surface area (TPSA) is 40.8 Å². The average molecular weight is 191 g/mol. The van der Waals surface area contributed by atoms with E-state index < -0.39 is 0 Å². The molecule has 1 rings (SSSR count). The first-order valence-corrected chi connectivity index (χ1v) is 4.79. The van der Waals surface area contributed by atoms with Gasteiger partial charge in [0.2, 0.25) is 0 Å². The Bertz CT molecular complexity index is 325. The lowest BCUT2D eigenvalue weighted by Crippen LogP contribution is -2.35. The van der Waals surface area contributed by atoms with Gasteiger partial charge in [-0.2, -0.15) is 5.26 Å². The van der Waals surface area contributed by atoms with Crippen LogP contribution in [0.5, 0.6) is 0 Å². The fraction of sp³-hybridized carbons (Fsp3) is 0.545. The Balaban J connectivity index is 2.59.